The van der Waals surface area contributed by atoms with E-state index in [0.717, 1.165) is 16.5 Å². The van der Waals surface area contributed by atoms with Crippen LogP contribution in [0.1, 0.15) is 29.8 Å². The predicted molar refractivity (Wildman–Crippen MR) is 151 cm³/mol. The van der Waals surface area contributed by atoms with Gasteiger partial charge in [-0.1, -0.05) is 62.4 Å². The molecule has 5 aromatic rings. The highest BCUT2D eigenvalue weighted by Gasteiger charge is 2.13. The second kappa shape index (κ2) is 12.9. The predicted octanol–water partition coefficient (Wildman–Crippen LogP) is 7.89. The average Bonchev–Trinajstić information content (AvgIpc) is 2.98. The lowest BCUT2D eigenvalue weighted by molar-refractivity contribution is 0.102. The van der Waals surface area contributed by atoms with Crippen molar-refractivity contribution in [2.24, 2.45) is 0 Å². The highest BCUT2D eigenvalue weighted by molar-refractivity contribution is 6.04. The van der Waals surface area contributed by atoms with E-state index in [9.17, 15) is 4.79 Å². The van der Waals surface area contributed by atoms with Crippen molar-refractivity contribution >= 4 is 22.5 Å². The lowest BCUT2D eigenvalue weighted by Gasteiger charge is -2.14. The Hall–Kier alpha value is -4.84. The molecule has 0 unspecified atom stereocenters. The molecule has 1 N–H and O–H groups in total. The van der Waals surface area contributed by atoms with Gasteiger partial charge in [-0.2, -0.15) is 0 Å². The number of carbonyl (C=O) groups excluding carboxylic acids is 1. The van der Waals surface area contributed by atoms with E-state index in [1.165, 1.54) is 0 Å². The molecule has 0 spiro atoms. The number of methoxy groups -OCH3 is 1. The summed E-state index contributed by atoms with van der Waals surface area (Å²) in [6.07, 6.45) is 1.69. The maximum atomic E-state index is 12.4. The van der Waals surface area contributed by atoms with Crippen LogP contribution in [0.4, 0.5) is 5.69 Å². The van der Waals surface area contributed by atoms with Gasteiger partial charge in [-0.15, -0.1) is 0 Å². The fourth-order valence-corrected chi connectivity index (χ4v) is 3.75. The number of hydrogen-bond donors (Lipinski definition) is 1. The third-order valence-electron chi connectivity index (χ3n) is 5.60. The molecular weight excluding hydrogens is 476 g/mol. The standard InChI is InChI=1S/C30H24N2O4.C2H6/c1-34-28-18-25-26(19-29(28)35-20-21-8-4-2-5-9-21)31-17-16-27(25)36-24-14-12-23(13-15-24)32-30(33)22-10-6-3-7-11-22;1-2/h2-19H,20H2,1H3,(H,32,33);1-2H3. The first kappa shape index (κ1) is 26.2. The van der Waals surface area contributed by atoms with Crippen molar-refractivity contribution in [1.82, 2.24) is 4.98 Å². The fraction of sp³-hybridized carbons (Fsp3) is 0.125. The molecule has 0 atom stereocenters. The van der Waals surface area contributed by atoms with Crippen LogP contribution < -0.4 is 19.5 Å². The first-order valence-electron chi connectivity index (χ1n) is 12.5. The van der Waals surface area contributed by atoms with Crippen molar-refractivity contribution in [3.63, 3.8) is 0 Å². The minimum Gasteiger partial charge on any atom is -0.493 e. The first-order chi connectivity index (χ1) is 18.7. The van der Waals surface area contributed by atoms with E-state index in [1.54, 1.807) is 55.8 Å². The Labute approximate surface area is 222 Å². The molecule has 0 aliphatic rings. The number of benzene rings is 4. The molecule has 192 valence electrons. The summed E-state index contributed by atoms with van der Waals surface area (Å²) >= 11 is 0. The summed E-state index contributed by atoms with van der Waals surface area (Å²) < 4.78 is 17.8. The largest absolute Gasteiger partial charge is 0.493 e. The van der Waals surface area contributed by atoms with E-state index in [2.05, 4.69) is 10.3 Å². The Morgan fingerprint density at radius 1 is 0.789 bits per heavy atom. The summed E-state index contributed by atoms with van der Waals surface area (Å²) in [5.74, 6) is 2.30. The van der Waals surface area contributed by atoms with Gasteiger partial charge in [0.05, 0.1) is 12.6 Å². The molecular formula is C32H30N2O4. The van der Waals surface area contributed by atoms with E-state index in [4.69, 9.17) is 14.2 Å². The minimum absolute atomic E-state index is 0.165. The minimum atomic E-state index is -0.165. The lowest BCUT2D eigenvalue weighted by atomic mass is 10.1. The first-order valence-corrected chi connectivity index (χ1v) is 12.5. The molecule has 38 heavy (non-hydrogen) atoms. The van der Waals surface area contributed by atoms with Crippen molar-refractivity contribution in [2.75, 3.05) is 12.4 Å². The number of rotatable bonds is 8. The molecule has 0 saturated heterocycles. The Morgan fingerprint density at radius 3 is 2.16 bits per heavy atom. The van der Waals surface area contributed by atoms with Crippen molar-refractivity contribution in [3.8, 4) is 23.0 Å². The number of nitrogens with zero attached hydrogens (tertiary/aromatic N) is 1. The van der Waals surface area contributed by atoms with Gasteiger partial charge >= 0.3 is 0 Å². The summed E-state index contributed by atoms with van der Waals surface area (Å²) in [5.41, 5.74) is 3.07. The Balaban J connectivity index is 0.00000164. The molecule has 0 saturated carbocycles. The van der Waals surface area contributed by atoms with Crippen LogP contribution in [-0.2, 0) is 6.61 Å². The molecule has 6 heteroatoms. The van der Waals surface area contributed by atoms with Gasteiger partial charge in [0.1, 0.15) is 18.1 Å². The van der Waals surface area contributed by atoms with Gasteiger partial charge in [0.25, 0.3) is 5.91 Å². The molecule has 0 radical (unpaired) electrons. The maximum Gasteiger partial charge on any atom is 0.255 e. The molecule has 1 amide bonds. The Bertz CT molecular complexity index is 1470. The van der Waals surface area contributed by atoms with E-state index in [-0.39, 0.29) is 5.91 Å². The highest BCUT2D eigenvalue weighted by Crippen LogP contribution is 2.37. The van der Waals surface area contributed by atoms with Crippen LogP contribution in [0.5, 0.6) is 23.0 Å². The van der Waals surface area contributed by atoms with Gasteiger partial charge in [-0.25, -0.2) is 0 Å². The van der Waals surface area contributed by atoms with Crippen LogP contribution in [-0.4, -0.2) is 18.0 Å². The number of ether oxygens (including phenoxy) is 3. The molecule has 0 aliphatic heterocycles. The summed E-state index contributed by atoms with van der Waals surface area (Å²) in [6.45, 7) is 4.42. The second-order valence-corrected chi connectivity index (χ2v) is 8.05. The van der Waals surface area contributed by atoms with E-state index in [0.29, 0.717) is 40.9 Å². The van der Waals surface area contributed by atoms with E-state index < -0.39 is 0 Å². The third kappa shape index (κ3) is 6.48. The summed E-state index contributed by atoms with van der Waals surface area (Å²) in [4.78, 5) is 16.9. The van der Waals surface area contributed by atoms with Crippen molar-refractivity contribution in [1.29, 1.82) is 0 Å². The van der Waals surface area contributed by atoms with Gasteiger partial charge < -0.3 is 19.5 Å². The van der Waals surface area contributed by atoms with Crippen molar-refractivity contribution < 1.29 is 19.0 Å². The SMILES string of the molecule is CC.COc1cc2c(Oc3ccc(NC(=O)c4ccccc4)cc3)ccnc2cc1OCc1ccccc1. The maximum absolute atomic E-state index is 12.4. The summed E-state index contributed by atoms with van der Waals surface area (Å²) in [6, 6.07) is 31.8. The van der Waals surface area contributed by atoms with Gasteiger partial charge in [0.15, 0.2) is 11.5 Å². The van der Waals surface area contributed by atoms with Gasteiger partial charge in [0, 0.05) is 28.9 Å². The Morgan fingerprint density at radius 2 is 1.47 bits per heavy atom. The van der Waals surface area contributed by atoms with Gasteiger partial charge in [0.2, 0.25) is 0 Å². The van der Waals surface area contributed by atoms with Gasteiger partial charge in [-0.3, -0.25) is 9.78 Å². The van der Waals surface area contributed by atoms with Crippen LogP contribution in [0, 0.1) is 0 Å². The summed E-state index contributed by atoms with van der Waals surface area (Å²) in [5, 5.41) is 3.68. The molecule has 0 bridgehead atoms. The van der Waals surface area contributed by atoms with Crippen LogP contribution >= 0.6 is 0 Å². The normalized spacial score (nSPS) is 10.2. The number of anilines is 1. The third-order valence-corrected chi connectivity index (χ3v) is 5.60. The van der Waals surface area contributed by atoms with Crippen LogP contribution in [0.2, 0.25) is 0 Å². The number of pyridine rings is 1. The van der Waals surface area contributed by atoms with Crippen LogP contribution in [0.15, 0.2) is 109 Å². The van der Waals surface area contributed by atoms with E-state index >= 15 is 0 Å². The molecule has 1 aromatic heterocycles. The topological polar surface area (TPSA) is 69.7 Å². The molecule has 4 aromatic carbocycles. The second-order valence-electron chi connectivity index (χ2n) is 8.05. The van der Waals surface area contributed by atoms with Crippen LogP contribution in [0.25, 0.3) is 10.9 Å². The van der Waals surface area contributed by atoms with Crippen LogP contribution in [0.3, 0.4) is 0 Å². The number of amides is 1. The smallest absolute Gasteiger partial charge is 0.255 e. The molecule has 0 aliphatic carbocycles. The molecule has 0 fully saturated rings. The van der Waals surface area contributed by atoms with Crippen molar-refractivity contribution in [2.45, 2.75) is 20.5 Å². The zero-order valence-electron chi connectivity index (χ0n) is 21.7. The number of aromatic nitrogens is 1. The van der Waals surface area contributed by atoms with E-state index in [1.807, 2.05) is 74.5 Å². The highest BCUT2D eigenvalue weighted by atomic mass is 16.5. The number of nitrogens with one attached hydrogen (secondary N) is 1. The van der Waals surface area contributed by atoms with Gasteiger partial charge in [-0.05, 0) is 54.1 Å². The zero-order chi connectivity index (χ0) is 26.7. The molecule has 6 nitrogen and oxygen atoms in total. The molecule has 1 heterocycles. The van der Waals surface area contributed by atoms with Crippen molar-refractivity contribution in [3.05, 3.63) is 120 Å². The average molecular weight is 507 g/mol. The summed E-state index contributed by atoms with van der Waals surface area (Å²) in [7, 11) is 1.61. The number of hydrogen-bond acceptors (Lipinski definition) is 5. The zero-order valence-corrected chi connectivity index (χ0v) is 21.7. The number of carbonyl (C=O) groups is 1. The quantitative estimate of drug-likeness (QED) is 0.232. The fourth-order valence-electron chi connectivity index (χ4n) is 3.75. The lowest BCUT2D eigenvalue weighted by Crippen LogP contribution is -2.11. The Kier molecular flexibility index (Phi) is 8.92. The number of fused-ring (bicyclic) bond motifs is 1. The monoisotopic (exact) mass is 506 g/mol. The molecule has 5 rings (SSSR count).